The average Bonchev–Trinajstić information content (AvgIpc) is 2.78. The van der Waals surface area contributed by atoms with Gasteiger partial charge in [-0.2, -0.15) is 26.3 Å². The Kier molecular flexibility index (Phi) is 8.23. The molecule has 0 saturated carbocycles. The number of halogens is 7. The number of allylic oxidation sites excluding steroid dienone is 1. The van der Waals surface area contributed by atoms with Gasteiger partial charge in [0.05, 0.1) is 11.1 Å². The summed E-state index contributed by atoms with van der Waals surface area (Å²) < 4.78 is 99.4. The number of nitrogens with zero attached hydrogens (tertiary/aromatic N) is 2. The van der Waals surface area contributed by atoms with Gasteiger partial charge in [-0.15, -0.1) is 0 Å². The van der Waals surface area contributed by atoms with Crippen molar-refractivity contribution >= 4 is 29.5 Å². The summed E-state index contributed by atoms with van der Waals surface area (Å²) >= 11 is 0. The number of nitrogens with two attached hydrogens (primary N) is 1. The lowest BCUT2D eigenvalue weighted by Gasteiger charge is -2.22. The number of alkyl halides is 6. The van der Waals surface area contributed by atoms with Gasteiger partial charge in [0.25, 0.3) is 5.91 Å². The molecule has 0 aliphatic rings. The number of aliphatic imine (C=N–C) groups is 1. The molecule has 2 amide bonds. The maximum absolute atomic E-state index is 13.8. The van der Waals surface area contributed by atoms with Gasteiger partial charge in [0, 0.05) is 36.3 Å². The molecule has 2 aromatic rings. The van der Waals surface area contributed by atoms with Gasteiger partial charge in [-0.1, -0.05) is 0 Å². The van der Waals surface area contributed by atoms with Crippen LogP contribution in [0.1, 0.15) is 16.7 Å². The predicted molar refractivity (Wildman–Crippen MR) is 110 cm³/mol. The highest BCUT2D eigenvalue weighted by atomic mass is 19.4. The Morgan fingerprint density at radius 1 is 1.09 bits per heavy atom. The molecule has 0 spiro atoms. The van der Waals surface area contributed by atoms with Crippen LogP contribution in [0.5, 0.6) is 5.75 Å². The van der Waals surface area contributed by atoms with Gasteiger partial charge in [0.15, 0.2) is 5.75 Å². The van der Waals surface area contributed by atoms with Gasteiger partial charge >= 0.3 is 18.4 Å². The summed E-state index contributed by atoms with van der Waals surface area (Å²) in [5.74, 6) is -3.21. The zero-order valence-corrected chi connectivity index (χ0v) is 17.6. The Balaban J connectivity index is 2.72. The smallest absolute Gasteiger partial charge is 0.409 e. The molecule has 188 valence electrons. The standard InChI is InChI=1S/C21H16F7N3O4/c1-31(14-4-2-13(22)3-5-14)19(34)35-18-15(11(8-29)9-30-17(33)10-32)6-12(20(23,24)25)7-16(18)21(26,27)28/h2-9,32H,10,29H2,1H3/b11-8+,30-9?. The van der Waals surface area contributed by atoms with Gasteiger partial charge < -0.3 is 15.6 Å². The van der Waals surface area contributed by atoms with Crippen LogP contribution in [0.2, 0.25) is 0 Å². The highest BCUT2D eigenvalue weighted by Crippen LogP contribution is 2.44. The first kappa shape index (κ1) is 27.3. The van der Waals surface area contributed by atoms with Crippen molar-refractivity contribution in [3.05, 3.63) is 65.1 Å². The maximum atomic E-state index is 13.8. The second kappa shape index (κ2) is 10.5. The summed E-state index contributed by atoms with van der Waals surface area (Å²) in [5, 5.41) is 8.74. The van der Waals surface area contributed by atoms with Gasteiger partial charge in [-0.25, -0.2) is 14.2 Å². The fourth-order valence-corrected chi connectivity index (χ4v) is 2.64. The lowest BCUT2D eigenvalue weighted by molar-refractivity contribution is -0.143. The Morgan fingerprint density at radius 3 is 2.17 bits per heavy atom. The van der Waals surface area contributed by atoms with Crippen LogP contribution in [0.4, 0.5) is 41.2 Å². The molecule has 0 aromatic heterocycles. The van der Waals surface area contributed by atoms with Crippen molar-refractivity contribution in [3.8, 4) is 5.75 Å². The summed E-state index contributed by atoms with van der Waals surface area (Å²) in [7, 11) is 1.06. The zero-order valence-electron chi connectivity index (χ0n) is 17.6. The third kappa shape index (κ3) is 6.79. The van der Waals surface area contributed by atoms with Crippen molar-refractivity contribution in [1.82, 2.24) is 0 Å². The van der Waals surface area contributed by atoms with Crippen LogP contribution in [-0.2, 0) is 17.1 Å². The molecule has 0 atom stereocenters. The second-order valence-corrected chi connectivity index (χ2v) is 6.73. The quantitative estimate of drug-likeness (QED) is 0.462. The Labute approximate surface area is 192 Å². The highest BCUT2D eigenvalue weighted by Gasteiger charge is 2.41. The number of aliphatic hydroxyl groups excluding tert-OH is 1. The molecule has 0 radical (unpaired) electrons. The van der Waals surface area contributed by atoms with Crippen molar-refractivity contribution in [2.45, 2.75) is 12.4 Å². The van der Waals surface area contributed by atoms with E-state index in [1.54, 1.807) is 0 Å². The zero-order chi connectivity index (χ0) is 26.6. The van der Waals surface area contributed by atoms with E-state index in [1.165, 1.54) is 0 Å². The number of amides is 2. The largest absolute Gasteiger partial charge is 0.420 e. The fourth-order valence-electron chi connectivity index (χ4n) is 2.64. The van der Waals surface area contributed by atoms with Crippen LogP contribution in [-0.4, -0.2) is 37.0 Å². The van der Waals surface area contributed by atoms with Gasteiger partial charge in [0.2, 0.25) is 0 Å². The molecule has 0 aliphatic heterocycles. The molecule has 14 heteroatoms. The fraction of sp³-hybridized carbons (Fsp3) is 0.190. The van der Waals surface area contributed by atoms with E-state index in [4.69, 9.17) is 15.6 Å². The van der Waals surface area contributed by atoms with Crippen LogP contribution in [0.3, 0.4) is 0 Å². The Hall–Kier alpha value is -3.94. The number of carbonyl (C=O) groups excluding carboxylic acids is 2. The first-order chi connectivity index (χ1) is 16.2. The molecule has 2 aromatic carbocycles. The van der Waals surface area contributed by atoms with E-state index < -0.39 is 64.8 Å². The van der Waals surface area contributed by atoms with Crippen LogP contribution in [0.25, 0.3) is 5.57 Å². The molecule has 2 rings (SSSR count). The first-order valence-electron chi connectivity index (χ1n) is 9.32. The molecule has 0 fully saturated rings. The summed E-state index contributed by atoms with van der Waals surface area (Å²) in [6.07, 6.45) is -11.1. The normalized spacial score (nSPS) is 12.7. The van der Waals surface area contributed by atoms with E-state index in [0.717, 1.165) is 31.3 Å². The van der Waals surface area contributed by atoms with Crippen LogP contribution in [0.15, 0.2) is 47.6 Å². The number of ether oxygens (including phenoxy) is 1. The van der Waals surface area contributed by atoms with E-state index in [1.807, 2.05) is 0 Å². The van der Waals surface area contributed by atoms with Crippen LogP contribution < -0.4 is 15.4 Å². The van der Waals surface area contributed by atoms with Gasteiger partial charge in [-0.05, 0) is 36.4 Å². The maximum Gasteiger partial charge on any atom is 0.420 e. The third-order valence-electron chi connectivity index (χ3n) is 4.37. The van der Waals surface area contributed by atoms with E-state index in [2.05, 4.69) is 4.99 Å². The predicted octanol–water partition coefficient (Wildman–Crippen LogP) is 4.39. The lowest BCUT2D eigenvalue weighted by Crippen LogP contribution is -2.30. The Morgan fingerprint density at radius 2 is 1.69 bits per heavy atom. The number of anilines is 1. The minimum Gasteiger partial charge on any atom is -0.409 e. The van der Waals surface area contributed by atoms with E-state index >= 15 is 0 Å². The third-order valence-corrected chi connectivity index (χ3v) is 4.37. The molecular formula is C21H16F7N3O4. The summed E-state index contributed by atoms with van der Waals surface area (Å²) in [4.78, 5) is 27.7. The number of carbonyl (C=O) groups is 2. The topological polar surface area (TPSA) is 105 Å². The van der Waals surface area contributed by atoms with E-state index in [0.29, 0.717) is 17.3 Å². The van der Waals surface area contributed by atoms with Gasteiger partial charge in [-0.3, -0.25) is 9.69 Å². The summed E-state index contributed by atoms with van der Waals surface area (Å²) in [5.41, 5.74) is -0.0208. The summed E-state index contributed by atoms with van der Waals surface area (Å²) in [6.45, 7) is -1.10. The molecule has 3 N–H and O–H groups in total. The molecule has 0 bridgehead atoms. The van der Waals surface area contributed by atoms with Crippen molar-refractivity contribution in [3.63, 3.8) is 0 Å². The Bertz CT molecular complexity index is 1160. The summed E-state index contributed by atoms with van der Waals surface area (Å²) in [6, 6.07) is 4.08. The first-order valence-corrected chi connectivity index (χ1v) is 9.32. The van der Waals surface area contributed by atoms with E-state index in [-0.39, 0.29) is 17.8 Å². The van der Waals surface area contributed by atoms with Crippen molar-refractivity contribution in [2.24, 2.45) is 10.7 Å². The number of benzene rings is 2. The van der Waals surface area contributed by atoms with Crippen molar-refractivity contribution in [2.75, 3.05) is 18.6 Å². The molecule has 0 aliphatic carbocycles. The molecule has 0 heterocycles. The molecule has 7 nitrogen and oxygen atoms in total. The van der Waals surface area contributed by atoms with Crippen LogP contribution in [0, 0.1) is 5.82 Å². The second-order valence-electron chi connectivity index (χ2n) is 6.73. The monoisotopic (exact) mass is 507 g/mol. The minimum atomic E-state index is -5.43. The van der Waals surface area contributed by atoms with Crippen LogP contribution >= 0.6 is 0 Å². The van der Waals surface area contributed by atoms with Gasteiger partial charge in [0.1, 0.15) is 12.4 Å². The number of rotatable bonds is 5. The molecule has 0 saturated heterocycles. The molecule has 0 unspecified atom stereocenters. The van der Waals surface area contributed by atoms with E-state index in [9.17, 15) is 40.3 Å². The average molecular weight is 507 g/mol. The molecular weight excluding hydrogens is 491 g/mol. The number of aliphatic hydroxyl groups is 1. The van der Waals surface area contributed by atoms with Crippen molar-refractivity contribution < 1.29 is 50.2 Å². The molecule has 35 heavy (non-hydrogen) atoms. The SMILES string of the molecule is CN(C(=O)Oc1c(/C(C=NC(=O)CO)=C/N)cc(C(F)(F)F)cc1C(F)(F)F)c1ccc(F)cc1. The number of hydrogen-bond donors (Lipinski definition) is 2. The lowest BCUT2D eigenvalue weighted by atomic mass is 9.98. The minimum absolute atomic E-state index is 0.0110. The van der Waals surface area contributed by atoms with Crippen molar-refractivity contribution in [1.29, 1.82) is 0 Å². The number of hydrogen-bond acceptors (Lipinski definition) is 5. The highest BCUT2D eigenvalue weighted by molar-refractivity contribution is 6.14.